The summed E-state index contributed by atoms with van der Waals surface area (Å²) in [6.45, 7) is 0.804. The highest BCUT2D eigenvalue weighted by Gasteiger charge is 2.04. The van der Waals surface area contributed by atoms with Crippen molar-refractivity contribution in [3.8, 4) is 0 Å². The first-order valence-corrected chi connectivity index (χ1v) is 6.23. The lowest BCUT2D eigenvalue weighted by Gasteiger charge is -2.06. The number of nitrogens with one attached hydrogen (secondary N) is 1. The predicted octanol–water partition coefficient (Wildman–Crippen LogP) is 2.82. The Kier molecular flexibility index (Phi) is 4.50. The van der Waals surface area contributed by atoms with Gasteiger partial charge in [0.1, 0.15) is 5.69 Å². The van der Waals surface area contributed by atoms with Gasteiger partial charge in [-0.15, -0.1) is 0 Å². The summed E-state index contributed by atoms with van der Waals surface area (Å²) < 4.78 is 0. The van der Waals surface area contributed by atoms with Gasteiger partial charge in [0.2, 0.25) is 0 Å². The van der Waals surface area contributed by atoms with Crippen LogP contribution < -0.4 is 5.32 Å². The Morgan fingerprint density at radius 2 is 2.00 bits per heavy atom. The molecule has 2 rings (SSSR count). The molecule has 0 amide bonds. The van der Waals surface area contributed by atoms with E-state index in [0.29, 0.717) is 0 Å². The maximum atomic E-state index is 10.8. The Morgan fingerprint density at radius 3 is 2.74 bits per heavy atom. The molecule has 0 bridgehead atoms. The van der Waals surface area contributed by atoms with Crippen LogP contribution in [-0.4, -0.2) is 22.6 Å². The Labute approximate surface area is 112 Å². The van der Waals surface area contributed by atoms with E-state index in [4.69, 9.17) is 5.11 Å². The summed E-state index contributed by atoms with van der Waals surface area (Å²) in [6, 6.07) is 13.6. The molecule has 4 heteroatoms. The standard InChI is InChI=1S/C15H16N2O2/c18-15(19)14-11-13(8-10-17-14)16-9-4-7-12-5-2-1-3-6-12/h1-3,5-6,8,10-11H,4,7,9H2,(H,16,17)(H,18,19). The van der Waals surface area contributed by atoms with Crippen LogP contribution in [0.2, 0.25) is 0 Å². The van der Waals surface area contributed by atoms with Gasteiger partial charge in [-0.1, -0.05) is 30.3 Å². The fourth-order valence-electron chi connectivity index (χ4n) is 1.83. The average Bonchev–Trinajstić information content (AvgIpc) is 2.45. The SMILES string of the molecule is O=C(O)c1cc(NCCCc2ccccc2)ccn1. The zero-order valence-corrected chi connectivity index (χ0v) is 10.5. The highest BCUT2D eigenvalue weighted by Crippen LogP contribution is 2.09. The minimum Gasteiger partial charge on any atom is -0.477 e. The van der Waals surface area contributed by atoms with Gasteiger partial charge >= 0.3 is 5.97 Å². The maximum Gasteiger partial charge on any atom is 0.354 e. The molecule has 0 saturated heterocycles. The first-order chi connectivity index (χ1) is 9.25. The Hall–Kier alpha value is -2.36. The molecule has 0 aliphatic carbocycles. The van der Waals surface area contributed by atoms with Crippen LogP contribution in [0.15, 0.2) is 48.7 Å². The lowest BCUT2D eigenvalue weighted by atomic mass is 10.1. The zero-order chi connectivity index (χ0) is 13.5. The highest BCUT2D eigenvalue weighted by atomic mass is 16.4. The quantitative estimate of drug-likeness (QED) is 0.780. The van der Waals surface area contributed by atoms with Crippen LogP contribution in [0.25, 0.3) is 0 Å². The highest BCUT2D eigenvalue weighted by molar-refractivity contribution is 5.86. The molecule has 0 spiro atoms. The van der Waals surface area contributed by atoms with Crippen LogP contribution >= 0.6 is 0 Å². The Bertz CT molecular complexity index is 541. The fraction of sp³-hybridized carbons (Fsp3) is 0.200. The lowest BCUT2D eigenvalue weighted by Crippen LogP contribution is -2.05. The summed E-state index contributed by atoms with van der Waals surface area (Å²) in [7, 11) is 0. The number of hydrogen-bond acceptors (Lipinski definition) is 3. The van der Waals surface area contributed by atoms with Crippen molar-refractivity contribution in [1.82, 2.24) is 4.98 Å². The number of carboxylic acid groups (broad SMARTS) is 1. The average molecular weight is 256 g/mol. The van der Waals surface area contributed by atoms with Gasteiger partial charge in [-0.3, -0.25) is 0 Å². The number of anilines is 1. The third-order valence-electron chi connectivity index (χ3n) is 2.79. The first kappa shape index (κ1) is 13.1. The zero-order valence-electron chi connectivity index (χ0n) is 10.5. The van der Waals surface area contributed by atoms with E-state index in [1.807, 2.05) is 18.2 Å². The van der Waals surface area contributed by atoms with Crippen LogP contribution in [0.5, 0.6) is 0 Å². The third-order valence-corrected chi connectivity index (χ3v) is 2.79. The molecule has 0 fully saturated rings. The lowest BCUT2D eigenvalue weighted by molar-refractivity contribution is 0.0690. The van der Waals surface area contributed by atoms with E-state index >= 15 is 0 Å². The number of aromatic nitrogens is 1. The van der Waals surface area contributed by atoms with E-state index in [0.717, 1.165) is 25.1 Å². The number of aromatic carboxylic acids is 1. The molecule has 4 nitrogen and oxygen atoms in total. The van der Waals surface area contributed by atoms with Crippen LogP contribution in [0.1, 0.15) is 22.5 Å². The molecule has 98 valence electrons. The minimum atomic E-state index is -1.01. The van der Waals surface area contributed by atoms with Crippen LogP contribution in [0.3, 0.4) is 0 Å². The van der Waals surface area contributed by atoms with Crippen molar-refractivity contribution in [2.24, 2.45) is 0 Å². The molecule has 2 aromatic rings. The summed E-state index contributed by atoms with van der Waals surface area (Å²) in [6.07, 6.45) is 3.50. The second-order valence-electron chi connectivity index (χ2n) is 4.25. The predicted molar refractivity (Wildman–Crippen MR) is 74.4 cm³/mol. The number of benzene rings is 1. The number of hydrogen-bond donors (Lipinski definition) is 2. The molecule has 0 aliphatic heterocycles. The van der Waals surface area contributed by atoms with Gasteiger partial charge in [0.15, 0.2) is 0 Å². The topological polar surface area (TPSA) is 62.2 Å². The number of carbonyl (C=O) groups is 1. The van der Waals surface area contributed by atoms with Gasteiger partial charge < -0.3 is 10.4 Å². The van der Waals surface area contributed by atoms with E-state index in [1.54, 1.807) is 12.1 Å². The maximum absolute atomic E-state index is 10.8. The van der Waals surface area contributed by atoms with Crippen molar-refractivity contribution in [3.63, 3.8) is 0 Å². The molecule has 0 saturated carbocycles. The summed E-state index contributed by atoms with van der Waals surface area (Å²) in [5.74, 6) is -1.01. The molecule has 0 atom stereocenters. The molecular formula is C15H16N2O2. The summed E-state index contributed by atoms with van der Waals surface area (Å²) in [4.78, 5) is 14.6. The van der Waals surface area contributed by atoms with E-state index in [2.05, 4.69) is 22.4 Å². The summed E-state index contributed by atoms with van der Waals surface area (Å²) in [5.41, 5.74) is 2.17. The van der Waals surface area contributed by atoms with E-state index in [9.17, 15) is 4.79 Å². The van der Waals surface area contributed by atoms with Crippen LogP contribution in [0, 0.1) is 0 Å². The molecular weight excluding hydrogens is 240 g/mol. The van der Waals surface area contributed by atoms with Crippen LogP contribution in [0.4, 0.5) is 5.69 Å². The Balaban J connectivity index is 1.80. The number of pyridine rings is 1. The van der Waals surface area contributed by atoms with Gasteiger partial charge in [0.05, 0.1) is 0 Å². The van der Waals surface area contributed by atoms with E-state index in [-0.39, 0.29) is 5.69 Å². The number of nitrogens with zero attached hydrogens (tertiary/aromatic N) is 1. The first-order valence-electron chi connectivity index (χ1n) is 6.23. The van der Waals surface area contributed by atoms with Crippen LogP contribution in [-0.2, 0) is 6.42 Å². The number of rotatable bonds is 6. The molecule has 1 heterocycles. The minimum absolute atomic E-state index is 0.0630. The largest absolute Gasteiger partial charge is 0.477 e. The van der Waals surface area contributed by atoms with E-state index in [1.165, 1.54) is 11.8 Å². The molecule has 1 aromatic carbocycles. The molecule has 0 radical (unpaired) electrons. The van der Waals surface area contributed by atoms with Gasteiger partial charge in [-0.25, -0.2) is 9.78 Å². The van der Waals surface area contributed by atoms with Gasteiger partial charge in [-0.05, 0) is 30.5 Å². The third kappa shape index (κ3) is 4.10. The second-order valence-corrected chi connectivity index (χ2v) is 4.25. The van der Waals surface area contributed by atoms with Crippen molar-refractivity contribution in [3.05, 3.63) is 59.9 Å². The Morgan fingerprint density at radius 1 is 1.21 bits per heavy atom. The smallest absolute Gasteiger partial charge is 0.354 e. The normalized spacial score (nSPS) is 10.1. The second kappa shape index (κ2) is 6.54. The summed E-state index contributed by atoms with van der Waals surface area (Å²) >= 11 is 0. The molecule has 1 aromatic heterocycles. The number of aryl methyl sites for hydroxylation is 1. The van der Waals surface area contributed by atoms with Crippen molar-refractivity contribution in [1.29, 1.82) is 0 Å². The summed E-state index contributed by atoms with van der Waals surface area (Å²) in [5, 5.41) is 12.0. The van der Waals surface area contributed by atoms with Crippen molar-refractivity contribution in [2.45, 2.75) is 12.8 Å². The van der Waals surface area contributed by atoms with Gasteiger partial charge in [0, 0.05) is 18.4 Å². The molecule has 2 N–H and O–H groups in total. The van der Waals surface area contributed by atoms with Gasteiger partial charge in [-0.2, -0.15) is 0 Å². The number of carboxylic acids is 1. The molecule has 0 aliphatic rings. The van der Waals surface area contributed by atoms with Crippen molar-refractivity contribution >= 4 is 11.7 Å². The van der Waals surface area contributed by atoms with Crippen molar-refractivity contribution < 1.29 is 9.90 Å². The van der Waals surface area contributed by atoms with Crippen molar-refractivity contribution in [2.75, 3.05) is 11.9 Å². The van der Waals surface area contributed by atoms with Gasteiger partial charge in [0.25, 0.3) is 0 Å². The molecule has 0 unspecified atom stereocenters. The monoisotopic (exact) mass is 256 g/mol. The fourth-order valence-corrected chi connectivity index (χ4v) is 1.83. The van der Waals surface area contributed by atoms with E-state index < -0.39 is 5.97 Å². The molecule has 19 heavy (non-hydrogen) atoms.